The Labute approximate surface area is 237 Å². The van der Waals surface area contributed by atoms with E-state index in [2.05, 4.69) is 5.32 Å². The number of hydrogen-bond donors (Lipinski definition) is 1. The molecule has 1 N–H and O–H groups in total. The molecule has 0 fully saturated rings. The highest BCUT2D eigenvalue weighted by atomic mass is 19.1. The third-order valence-electron chi connectivity index (χ3n) is 6.77. The maximum atomic E-state index is 13.9. The van der Waals surface area contributed by atoms with Gasteiger partial charge in [-0.05, 0) is 74.6 Å². The van der Waals surface area contributed by atoms with Crippen molar-refractivity contribution in [1.29, 1.82) is 0 Å². The highest BCUT2D eigenvalue weighted by Gasteiger charge is 2.30. The Kier molecular flexibility index (Phi) is 12.0. The number of nitrogens with zero attached hydrogens (tertiary/aromatic N) is 1. The predicted molar refractivity (Wildman–Crippen MR) is 156 cm³/mol. The zero-order valence-electron chi connectivity index (χ0n) is 24.0. The van der Waals surface area contributed by atoms with Crippen LogP contribution in [0.5, 0.6) is 11.5 Å². The summed E-state index contributed by atoms with van der Waals surface area (Å²) in [7, 11) is 0. The molecule has 2 atom stereocenters. The number of halogens is 1. The molecule has 0 unspecified atom stereocenters. The van der Waals surface area contributed by atoms with Gasteiger partial charge in [0.25, 0.3) is 0 Å². The number of amides is 2. The van der Waals surface area contributed by atoms with Gasteiger partial charge in [-0.25, -0.2) is 4.39 Å². The van der Waals surface area contributed by atoms with E-state index in [1.54, 1.807) is 17.0 Å². The molecular weight excluding hydrogens is 507 g/mol. The number of carbonyl (C=O) groups excluding carboxylic acids is 2. The van der Waals surface area contributed by atoms with Crippen molar-refractivity contribution in [2.45, 2.75) is 72.0 Å². The van der Waals surface area contributed by atoms with E-state index >= 15 is 0 Å². The minimum Gasteiger partial charge on any atom is -0.490 e. The molecule has 7 heteroatoms. The molecule has 0 saturated carbocycles. The lowest BCUT2D eigenvalue weighted by Gasteiger charge is -2.32. The van der Waals surface area contributed by atoms with E-state index in [1.807, 2.05) is 76.2 Å². The number of aryl methyl sites for hydroxylation is 1. The van der Waals surface area contributed by atoms with Gasteiger partial charge < -0.3 is 19.7 Å². The largest absolute Gasteiger partial charge is 0.490 e. The van der Waals surface area contributed by atoms with Crippen molar-refractivity contribution < 1.29 is 23.5 Å². The van der Waals surface area contributed by atoms with E-state index in [9.17, 15) is 14.0 Å². The third-order valence-corrected chi connectivity index (χ3v) is 6.77. The normalized spacial score (nSPS) is 12.3. The van der Waals surface area contributed by atoms with Crippen LogP contribution in [0.15, 0.2) is 72.8 Å². The second kappa shape index (κ2) is 15.7. The molecule has 0 aromatic heterocycles. The van der Waals surface area contributed by atoms with Gasteiger partial charge >= 0.3 is 0 Å². The fraction of sp³-hybridized carbons (Fsp3) is 0.394. The number of benzene rings is 3. The molecule has 3 rings (SSSR count). The smallest absolute Gasteiger partial charge is 0.243 e. The maximum Gasteiger partial charge on any atom is 0.243 e. The molecule has 2 amide bonds. The molecule has 0 saturated heterocycles. The van der Waals surface area contributed by atoms with Crippen LogP contribution in [0, 0.1) is 5.82 Å². The predicted octanol–water partition coefficient (Wildman–Crippen LogP) is 6.11. The van der Waals surface area contributed by atoms with Gasteiger partial charge in [0, 0.05) is 25.4 Å². The van der Waals surface area contributed by atoms with Crippen molar-refractivity contribution in [3.05, 3.63) is 95.3 Å². The minimum absolute atomic E-state index is 0.0330. The summed E-state index contributed by atoms with van der Waals surface area (Å²) in [6.45, 7) is 9.01. The van der Waals surface area contributed by atoms with Gasteiger partial charge in [0.2, 0.25) is 11.8 Å². The van der Waals surface area contributed by atoms with Crippen LogP contribution < -0.4 is 14.8 Å². The van der Waals surface area contributed by atoms with Gasteiger partial charge in [-0.15, -0.1) is 0 Å². The number of hydrogen-bond acceptors (Lipinski definition) is 4. The van der Waals surface area contributed by atoms with Crippen LogP contribution in [0.25, 0.3) is 0 Å². The van der Waals surface area contributed by atoms with Crippen molar-refractivity contribution in [3.8, 4) is 11.5 Å². The third kappa shape index (κ3) is 9.11. The lowest BCUT2D eigenvalue weighted by atomic mass is 10.0. The lowest BCUT2D eigenvalue weighted by Crippen LogP contribution is -2.52. The first-order valence-electron chi connectivity index (χ1n) is 14.1. The topological polar surface area (TPSA) is 67.9 Å². The molecule has 0 aliphatic rings. The molecule has 3 aromatic rings. The summed E-state index contributed by atoms with van der Waals surface area (Å²) in [5, 5.41) is 3.07. The number of ether oxygens (including phenoxy) is 2. The second-order valence-electron chi connectivity index (χ2n) is 9.82. The molecule has 0 spiro atoms. The summed E-state index contributed by atoms with van der Waals surface area (Å²) < 4.78 is 25.1. The van der Waals surface area contributed by atoms with Crippen LogP contribution in [0.4, 0.5) is 4.39 Å². The summed E-state index contributed by atoms with van der Waals surface area (Å²) in [6, 6.07) is 20.7. The fourth-order valence-corrected chi connectivity index (χ4v) is 4.43. The summed E-state index contributed by atoms with van der Waals surface area (Å²) >= 11 is 0. The summed E-state index contributed by atoms with van der Waals surface area (Å²) in [5.41, 5.74) is 2.64. The molecule has 0 aliphatic heterocycles. The van der Waals surface area contributed by atoms with Crippen molar-refractivity contribution in [3.63, 3.8) is 0 Å². The molecule has 0 bridgehead atoms. The van der Waals surface area contributed by atoms with Gasteiger partial charge in [-0.3, -0.25) is 9.59 Å². The van der Waals surface area contributed by atoms with Crippen LogP contribution in [0.1, 0.15) is 57.2 Å². The molecule has 40 heavy (non-hydrogen) atoms. The highest BCUT2D eigenvalue weighted by molar-refractivity contribution is 5.88. The quantitative estimate of drug-likeness (QED) is 0.249. The van der Waals surface area contributed by atoms with E-state index in [-0.39, 0.29) is 36.6 Å². The Hall–Kier alpha value is -3.87. The molecule has 3 aromatic carbocycles. The van der Waals surface area contributed by atoms with Crippen LogP contribution in [0.3, 0.4) is 0 Å². The zero-order valence-corrected chi connectivity index (χ0v) is 24.0. The van der Waals surface area contributed by atoms with Crippen LogP contribution in [-0.4, -0.2) is 42.0 Å². The van der Waals surface area contributed by atoms with Crippen molar-refractivity contribution >= 4 is 11.8 Å². The van der Waals surface area contributed by atoms with Gasteiger partial charge in [-0.2, -0.15) is 0 Å². The van der Waals surface area contributed by atoms with Crippen LogP contribution >= 0.6 is 0 Å². The first kappa shape index (κ1) is 30.7. The van der Waals surface area contributed by atoms with E-state index in [4.69, 9.17) is 9.47 Å². The maximum absolute atomic E-state index is 13.9. The molecule has 0 radical (unpaired) electrons. The molecule has 0 heterocycles. The van der Waals surface area contributed by atoms with Gasteiger partial charge in [0.1, 0.15) is 11.9 Å². The van der Waals surface area contributed by atoms with E-state index in [0.29, 0.717) is 37.6 Å². The average Bonchev–Trinajstić information content (AvgIpc) is 2.96. The van der Waals surface area contributed by atoms with Crippen molar-refractivity contribution in [2.24, 2.45) is 0 Å². The molecule has 6 nitrogen and oxygen atoms in total. The monoisotopic (exact) mass is 548 g/mol. The van der Waals surface area contributed by atoms with E-state index < -0.39 is 6.04 Å². The first-order valence-corrected chi connectivity index (χ1v) is 14.1. The Morgan fingerprint density at radius 1 is 0.850 bits per heavy atom. The lowest BCUT2D eigenvalue weighted by molar-refractivity contribution is -0.141. The van der Waals surface area contributed by atoms with Crippen molar-refractivity contribution in [1.82, 2.24) is 10.2 Å². The van der Waals surface area contributed by atoms with E-state index in [0.717, 1.165) is 23.1 Å². The molecular formula is C33H41FN2O4. The summed E-state index contributed by atoms with van der Waals surface area (Å²) in [6.07, 6.45) is 1.81. The average molecular weight is 549 g/mol. The fourth-order valence-electron chi connectivity index (χ4n) is 4.43. The van der Waals surface area contributed by atoms with Crippen molar-refractivity contribution in [2.75, 3.05) is 13.2 Å². The Bertz CT molecular complexity index is 1220. The SMILES string of the molecule is CCOc1ccc(CCC(=O)N(Cc2ccc(F)cc2)[C@H](Cc2ccccc2)C(=O)N[C@H](C)CC)cc1OCC. The van der Waals surface area contributed by atoms with Crippen LogP contribution in [-0.2, 0) is 29.0 Å². The molecule has 214 valence electrons. The summed E-state index contributed by atoms with van der Waals surface area (Å²) in [4.78, 5) is 29.1. The van der Waals surface area contributed by atoms with Gasteiger partial charge in [0.05, 0.1) is 13.2 Å². The van der Waals surface area contributed by atoms with E-state index in [1.165, 1.54) is 12.1 Å². The van der Waals surface area contributed by atoms with Gasteiger partial charge in [-0.1, -0.05) is 55.5 Å². The first-order chi connectivity index (χ1) is 19.3. The zero-order chi connectivity index (χ0) is 28.9. The highest BCUT2D eigenvalue weighted by Crippen LogP contribution is 2.29. The summed E-state index contributed by atoms with van der Waals surface area (Å²) in [5.74, 6) is 0.608. The van der Waals surface area contributed by atoms with Gasteiger partial charge in [0.15, 0.2) is 11.5 Å². The number of rotatable bonds is 15. The van der Waals surface area contributed by atoms with Crippen LogP contribution in [0.2, 0.25) is 0 Å². The Balaban J connectivity index is 1.90. The standard InChI is InChI=1S/C33H41FN2O4/c1-5-24(4)35-33(38)29(21-25-11-9-8-10-12-25)36(23-27-13-17-28(34)18-14-27)32(37)20-16-26-15-19-30(39-6-2)31(22-26)40-7-3/h8-15,17-19,22,24,29H,5-7,16,20-21,23H2,1-4H3,(H,35,38)/t24-,29-/m1/s1. The minimum atomic E-state index is -0.728. The Morgan fingerprint density at radius 3 is 2.15 bits per heavy atom. The second-order valence-corrected chi connectivity index (χ2v) is 9.82. The Morgan fingerprint density at radius 2 is 1.50 bits per heavy atom. The number of carbonyl (C=O) groups is 2. The molecule has 0 aliphatic carbocycles. The number of nitrogens with one attached hydrogen (secondary N) is 1.